The van der Waals surface area contributed by atoms with Crippen molar-refractivity contribution in [1.29, 1.82) is 0 Å². The minimum absolute atomic E-state index is 0.0591. The number of imidazole rings is 1. The van der Waals surface area contributed by atoms with E-state index in [1.54, 1.807) is 12.4 Å². The molecule has 0 aromatic carbocycles. The molecule has 1 aliphatic rings. The fourth-order valence-electron chi connectivity index (χ4n) is 1.91. The minimum Gasteiger partial charge on any atom is -0.355 e. The molecule has 6 heteroatoms. The van der Waals surface area contributed by atoms with Crippen LogP contribution in [-0.4, -0.2) is 28.3 Å². The number of hydrogen-bond acceptors (Lipinski definition) is 3. The van der Waals surface area contributed by atoms with Gasteiger partial charge in [0.2, 0.25) is 11.8 Å². The number of carbonyl (C=O) groups is 2. The molecule has 0 spiro atoms. The molecular formula is C11H16N4O2. The summed E-state index contributed by atoms with van der Waals surface area (Å²) in [7, 11) is 0. The highest BCUT2D eigenvalue weighted by Gasteiger charge is 2.29. The van der Waals surface area contributed by atoms with E-state index in [-0.39, 0.29) is 30.2 Å². The van der Waals surface area contributed by atoms with Gasteiger partial charge >= 0.3 is 0 Å². The predicted octanol–water partition coefficient (Wildman–Crippen LogP) is 0.113. The summed E-state index contributed by atoms with van der Waals surface area (Å²) in [6.45, 7) is 2.41. The third kappa shape index (κ3) is 2.64. The van der Waals surface area contributed by atoms with Crippen LogP contribution in [0.5, 0.6) is 0 Å². The molecule has 6 nitrogen and oxygen atoms in total. The van der Waals surface area contributed by atoms with Gasteiger partial charge < -0.3 is 15.6 Å². The Morgan fingerprint density at radius 1 is 1.71 bits per heavy atom. The fourth-order valence-corrected chi connectivity index (χ4v) is 1.91. The molecule has 1 saturated heterocycles. The lowest BCUT2D eigenvalue weighted by Gasteiger charge is -2.16. The molecule has 2 rings (SSSR count). The van der Waals surface area contributed by atoms with Crippen molar-refractivity contribution in [1.82, 2.24) is 20.6 Å². The van der Waals surface area contributed by atoms with Crippen LogP contribution in [0.15, 0.2) is 12.4 Å². The van der Waals surface area contributed by atoms with Crippen LogP contribution in [-0.2, 0) is 9.59 Å². The number of nitrogens with one attached hydrogen (secondary N) is 3. The number of rotatable bonds is 4. The van der Waals surface area contributed by atoms with E-state index in [4.69, 9.17) is 0 Å². The first-order chi connectivity index (χ1) is 8.20. The van der Waals surface area contributed by atoms with Crippen molar-refractivity contribution >= 4 is 11.8 Å². The fraction of sp³-hybridized carbons (Fsp3) is 0.545. The maximum atomic E-state index is 11.9. The zero-order chi connectivity index (χ0) is 12.3. The smallest absolute Gasteiger partial charge is 0.226 e. The zero-order valence-electron chi connectivity index (χ0n) is 9.69. The molecular weight excluding hydrogens is 220 g/mol. The van der Waals surface area contributed by atoms with Gasteiger partial charge in [0.1, 0.15) is 5.82 Å². The van der Waals surface area contributed by atoms with Gasteiger partial charge in [0.25, 0.3) is 0 Å². The highest BCUT2D eigenvalue weighted by molar-refractivity contribution is 5.89. The summed E-state index contributed by atoms with van der Waals surface area (Å²) in [6, 6.07) is -0.117. The van der Waals surface area contributed by atoms with Crippen molar-refractivity contribution in [3.8, 4) is 0 Å². The number of nitrogens with zero attached hydrogens (tertiary/aromatic N) is 1. The van der Waals surface area contributed by atoms with Crippen LogP contribution in [0.2, 0.25) is 0 Å². The molecule has 0 aliphatic carbocycles. The minimum atomic E-state index is -0.258. The van der Waals surface area contributed by atoms with Crippen LogP contribution < -0.4 is 10.6 Å². The van der Waals surface area contributed by atoms with Gasteiger partial charge in [-0.25, -0.2) is 4.98 Å². The Morgan fingerprint density at radius 3 is 3.06 bits per heavy atom. The molecule has 17 heavy (non-hydrogen) atoms. The largest absolute Gasteiger partial charge is 0.355 e. The maximum absolute atomic E-state index is 11.9. The van der Waals surface area contributed by atoms with Gasteiger partial charge in [-0.05, 0) is 6.42 Å². The molecule has 2 heterocycles. The number of aromatic amines is 1. The predicted molar refractivity (Wildman–Crippen MR) is 60.9 cm³/mol. The second-order valence-corrected chi connectivity index (χ2v) is 4.15. The average Bonchev–Trinajstić information content (AvgIpc) is 2.96. The van der Waals surface area contributed by atoms with Crippen LogP contribution in [0.25, 0.3) is 0 Å². The van der Waals surface area contributed by atoms with E-state index in [0.717, 1.165) is 12.2 Å². The van der Waals surface area contributed by atoms with Gasteiger partial charge in [0.15, 0.2) is 0 Å². The Kier molecular flexibility index (Phi) is 3.41. The first-order valence-corrected chi connectivity index (χ1v) is 5.77. The third-order valence-electron chi connectivity index (χ3n) is 2.92. The summed E-state index contributed by atoms with van der Waals surface area (Å²) in [5.41, 5.74) is 0. The topological polar surface area (TPSA) is 86.9 Å². The molecule has 1 aromatic heterocycles. The SMILES string of the molecule is CCC(NC(=O)C1CNC(=O)C1)c1ncc[nH]1. The Hall–Kier alpha value is -1.85. The van der Waals surface area contributed by atoms with E-state index in [2.05, 4.69) is 20.6 Å². The van der Waals surface area contributed by atoms with Crippen molar-refractivity contribution in [2.24, 2.45) is 5.92 Å². The van der Waals surface area contributed by atoms with Crippen molar-refractivity contribution in [3.63, 3.8) is 0 Å². The molecule has 1 aromatic rings. The van der Waals surface area contributed by atoms with Gasteiger partial charge in [-0.3, -0.25) is 9.59 Å². The van der Waals surface area contributed by atoms with Crippen LogP contribution in [0.1, 0.15) is 31.6 Å². The number of amides is 2. The molecule has 2 unspecified atom stereocenters. The normalized spacial score (nSPS) is 21.0. The van der Waals surface area contributed by atoms with Gasteiger partial charge in [-0.15, -0.1) is 0 Å². The van der Waals surface area contributed by atoms with Crippen molar-refractivity contribution in [2.75, 3.05) is 6.54 Å². The van der Waals surface area contributed by atoms with Crippen molar-refractivity contribution < 1.29 is 9.59 Å². The van der Waals surface area contributed by atoms with Crippen LogP contribution >= 0.6 is 0 Å². The standard InChI is InChI=1S/C11H16N4O2/c1-2-8(10-12-3-4-13-10)15-11(17)7-5-9(16)14-6-7/h3-4,7-8H,2,5-6H2,1H3,(H,12,13)(H,14,16)(H,15,17). The summed E-state index contributed by atoms with van der Waals surface area (Å²) in [6.07, 6.45) is 4.42. The van der Waals surface area contributed by atoms with Crippen molar-refractivity contribution in [2.45, 2.75) is 25.8 Å². The summed E-state index contributed by atoms with van der Waals surface area (Å²) < 4.78 is 0. The van der Waals surface area contributed by atoms with Gasteiger partial charge in [0.05, 0.1) is 12.0 Å². The summed E-state index contributed by atoms with van der Waals surface area (Å²) >= 11 is 0. The number of H-pyrrole nitrogens is 1. The van der Waals surface area contributed by atoms with Crippen molar-refractivity contribution in [3.05, 3.63) is 18.2 Å². The first-order valence-electron chi connectivity index (χ1n) is 5.77. The van der Waals surface area contributed by atoms with Gasteiger partial charge in [-0.2, -0.15) is 0 Å². The highest BCUT2D eigenvalue weighted by Crippen LogP contribution is 2.15. The highest BCUT2D eigenvalue weighted by atomic mass is 16.2. The summed E-state index contributed by atoms with van der Waals surface area (Å²) in [5, 5.41) is 5.56. The van der Waals surface area contributed by atoms with Gasteiger partial charge in [0, 0.05) is 25.4 Å². The quantitative estimate of drug-likeness (QED) is 0.693. The van der Waals surface area contributed by atoms with E-state index in [1.807, 2.05) is 6.92 Å². The summed E-state index contributed by atoms with van der Waals surface area (Å²) in [5.74, 6) is 0.340. The van der Waals surface area contributed by atoms with E-state index in [1.165, 1.54) is 0 Å². The lowest BCUT2D eigenvalue weighted by atomic mass is 10.1. The van der Waals surface area contributed by atoms with Crippen LogP contribution in [0.4, 0.5) is 0 Å². The molecule has 1 fully saturated rings. The molecule has 0 radical (unpaired) electrons. The zero-order valence-corrected chi connectivity index (χ0v) is 9.69. The van der Waals surface area contributed by atoms with Crippen LogP contribution in [0, 0.1) is 5.92 Å². The molecule has 0 saturated carbocycles. The molecule has 3 N–H and O–H groups in total. The lowest BCUT2D eigenvalue weighted by Crippen LogP contribution is -2.35. The van der Waals surface area contributed by atoms with Gasteiger partial charge in [-0.1, -0.05) is 6.92 Å². The number of hydrogen-bond donors (Lipinski definition) is 3. The van der Waals surface area contributed by atoms with Crippen LogP contribution in [0.3, 0.4) is 0 Å². The Labute approximate surface area is 99.2 Å². The Balaban J connectivity index is 1.95. The maximum Gasteiger partial charge on any atom is 0.226 e. The number of carbonyl (C=O) groups excluding carboxylic acids is 2. The first kappa shape index (κ1) is 11.6. The molecule has 0 bridgehead atoms. The molecule has 92 valence electrons. The second-order valence-electron chi connectivity index (χ2n) is 4.15. The van der Waals surface area contributed by atoms with E-state index < -0.39 is 0 Å². The van der Waals surface area contributed by atoms with E-state index >= 15 is 0 Å². The van der Waals surface area contributed by atoms with E-state index in [9.17, 15) is 9.59 Å². The summed E-state index contributed by atoms with van der Waals surface area (Å²) in [4.78, 5) is 30.1. The third-order valence-corrected chi connectivity index (χ3v) is 2.92. The Bertz CT molecular complexity index is 402. The molecule has 1 aliphatic heterocycles. The Morgan fingerprint density at radius 2 is 2.53 bits per heavy atom. The molecule has 2 amide bonds. The monoisotopic (exact) mass is 236 g/mol. The van der Waals surface area contributed by atoms with E-state index in [0.29, 0.717) is 6.54 Å². The molecule has 2 atom stereocenters. The lowest BCUT2D eigenvalue weighted by molar-refractivity contribution is -0.127. The second kappa shape index (κ2) is 4.99. The average molecular weight is 236 g/mol. The number of aromatic nitrogens is 2.